The zero-order valence-electron chi connectivity index (χ0n) is 19.1. The van der Waals surface area contributed by atoms with Gasteiger partial charge in [0, 0.05) is 0 Å². The van der Waals surface area contributed by atoms with Crippen molar-refractivity contribution in [1.82, 2.24) is 0 Å². The van der Waals surface area contributed by atoms with Crippen molar-refractivity contribution >= 4 is 0 Å². The van der Waals surface area contributed by atoms with Gasteiger partial charge in [0.25, 0.3) is 0 Å². The van der Waals surface area contributed by atoms with Crippen molar-refractivity contribution in [3.8, 4) is 5.75 Å². The van der Waals surface area contributed by atoms with Gasteiger partial charge in [-0.3, -0.25) is 0 Å². The molecule has 1 unspecified atom stereocenters. The third-order valence-electron chi connectivity index (χ3n) is 5.82. The highest BCUT2D eigenvalue weighted by atomic mass is 16.6. The topological polar surface area (TPSA) is 21.8 Å². The first-order chi connectivity index (χ1) is 14.2. The molecule has 1 aliphatic rings. The molecule has 0 bridgehead atoms. The second kappa shape index (κ2) is 14.7. The van der Waals surface area contributed by atoms with Gasteiger partial charge in [-0.2, -0.15) is 0 Å². The predicted octanol–water partition coefficient (Wildman–Crippen LogP) is 8.04. The highest BCUT2D eigenvalue weighted by Crippen LogP contribution is 2.27. The summed E-state index contributed by atoms with van der Waals surface area (Å²) in [5, 5.41) is 0. The number of hydrogen-bond donors (Lipinski definition) is 0. The van der Waals surface area contributed by atoms with Crippen LogP contribution in [-0.2, 0) is 11.2 Å². The average molecular weight is 401 g/mol. The van der Waals surface area contributed by atoms with Gasteiger partial charge in [-0.05, 0) is 43.9 Å². The van der Waals surface area contributed by atoms with Crippen LogP contribution in [0, 0.1) is 0 Å². The molecule has 164 valence electrons. The van der Waals surface area contributed by atoms with Gasteiger partial charge < -0.3 is 9.47 Å². The number of allylic oxidation sites excluding steroid dienone is 2. The Morgan fingerprint density at radius 3 is 2.14 bits per heavy atom. The Kier molecular flexibility index (Phi) is 12.1. The molecule has 0 N–H and O–H groups in total. The van der Waals surface area contributed by atoms with Crippen molar-refractivity contribution in [1.29, 1.82) is 0 Å². The molecule has 0 amide bonds. The lowest BCUT2D eigenvalue weighted by Gasteiger charge is -2.09. The second-order valence-electron chi connectivity index (χ2n) is 9.03. The molecule has 1 heterocycles. The summed E-state index contributed by atoms with van der Waals surface area (Å²) in [6.45, 7) is 5.84. The Labute approximate surface area is 180 Å². The van der Waals surface area contributed by atoms with Gasteiger partial charge in [-0.1, -0.05) is 102 Å². The van der Waals surface area contributed by atoms with Crippen LogP contribution in [0.3, 0.4) is 0 Å². The van der Waals surface area contributed by atoms with Gasteiger partial charge in [0.05, 0.1) is 6.61 Å². The molecule has 2 nitrogen and oxygen atoms in total. The van der Waals surface area contributed by atoms with Crippen molar-refractivity contribution in [2.45, 2.75) is 109 Å². The third kappa shape index (κ3) is 12.1. The van der Waals surface area contributed by atoms with Crippen LogP contribution in [0.25, 0.3) is 0 Å². The van der Waals surface area contributed by atoms with Crippen LogP contribution in [0.5, 0.6) is 5.75 Å². The van der Waals surface area contributed by atoms with Crippen LogP contribution in [-0.4, -0.2) is 18.8 Å². The zero-order valence-corrected chi connectivity index (χ0v) is 19.1. The minimum atomic E-state index is -0.0514. The Balaban J connectivity index is 1.41. The normalized spacial score (nSPS) is 18.4. The maximum Gasteiger partial charge on any atom is 0.123 e. The Morgan fingerprint density at radius 1 is 0.897 bits per heavy atom. The molecule has 0 spiro atoms. The summed E-state index contributed by atoms with van der Waals surface area (Å²) < 4.78 is 11.2. The minimum absolute atomic E-state index is 0.0514. The molecule has 0 saturated carbocycles. The molecule has 1 saturated heterocycles. The van der Waals surface area contributed by atoms with E-state index in [0.717, 1.165) is 18.8 Å². The zero-order chi connectivity index (χ0) is 20.6. The van der Waals surface area contributed by atoms with Crippen LogP contribution in [0.2, 0.25) is 0 Å². The van der Waals surface area contributed by atoms with Crippen LogP contribution in [0.15, 0.2) is 36.4 Å². The van der Waals surface area contributed by atoms with E-state index < -0.39 is 0 Å². The molecule has 1 aliphatic heterocycles. The molecule has 2 heteroatoms. The van der Waals surface area contributed by atoms with E-state index in [1.807, 2.05) is 6.07 Å². The van der Waals surface area contributed by atoms with Crippen molar-refractivity contribution in [3.63, 3.8) is 0 Å². The Bertz CT molecular complexity index is 559. The molecule has 29 heavy (non-hydrogen) atoms. The van der Waals surface area contributed by atoms with E-state index in [-0.39, 0.29) is 5.60 Å². The SMILES string of the molecule is CCCCCCCCCCCCCC/C=C/Cc1cccc(OCC2(C)CO2)c1. The molecular weight excluding hydrogens is 356 g/mol. The smallest absolute Gasteiger partial charge is 0.123 e. The van der Waals surface area contributed by atoms with Crippen molar-refractivity contribution in [2.75, 3.05) is 13.2 Å². The molecule has 0 aromatic heterocycles. The summed E-state index contributed by atoms with van der Waals surface area (Å²) in [6.07, 6.45) is 23.9. The maximum atomic E-state index is 5.85. The Hall–Kier alpha value is -1.28. The van der Waals surface area contributed by atoms with Gasteiger partial charge in [0.2, 0.25) is 0 Å². The number of hydrogen-bond acceptors (Lipinski definition) is 2. The van der Waals surface area contributed by atoms with E-state index in [1.54, 1.807) is 0 Å². The quantitative estimate of drug-likeness (QED) is 0.141. The van der Waals surface area contributed by atoms with Gasteiger partial charge in [-0.15, -0.1) is 0 Å². The first-order valence-electron chi connectivity index (χ1n) is 12.2. The highest BCUT2D eigenvalue weighted by Gasteiger charge is 2.40. The van der Waals surface area contributed by atoms with E-state index in [1.165, 1.54) is 89.0 Å². The van der Waals surface area contributed by atoms with E-state index in [2.05, 4.69) is 44.2 Å². The highest BCUT2D eigenvalue weighted by molar-refractivity contribution is 5.30. The summed E-state index contributed by atoms with van der Waals surface area (Å²) in [5.74, 6) is 0.952. The molecule has 1 atom stereocenters. The predicted molar refractivity (Wildman–Crippen MR) is 125 cm³/mol. The lowest BCUT2D eigenvalue weighted by molar-refractivity contribution is 0.202. The monoisotopic (exact) mass is 400 g/mol. The third-order valence-corrected chi connectivity index (χ3v) is 5.82. The Morgan fingerprint density at radius 2 is 1.52 bits per heavy atom. The first-order valence-corrected chi connectivity index (χ1v) is 12.2. The van der Waals surface area contributed by atoms with E-state index in [9.17, 15) is 0 Å². The summed E-state index contributed by atoms with van der Waals surface area (Å²) >= 11 is 0. The lowest BCUT2D eigenvalue weighted by Crippen LogP contribution is -2.16. The fourth-order valence-corrected chi connectivity index (χ4v) is 3.65. The molecule has 0 radical (unpaired) electrons. The minimum Gasteiger partial charge on any atom is -0.490 e. The van der Waals surface area contributed by atoms with Crippen molar-refractivity contribution in [2.24, 2.45) is 0 Å². The molecular formula is C27H44O2. The summed E-state index contributed by atoms with van der Waals surface area (Å²) in [5.41, 5.74) is 1.26. The van der Waals surface area contributed by atoms with Crippen LogP contribution >= 0.6 is 0 Å². The number of benzene rings is 1. The maximum absolute atomic E-state index is 5.85. The number of ether oxygens (including phenoxy) is 2. The van der Waals surface area contributed by atoms with Gasteiger partial charge in [0.15, 0.2) is 0 Å². The second-order valence-corrected chi connectivity index (χ2v) is 9.03. The first kappa shape index (κ1) is 24.0. The number of epoxide rings is 1. The van der Waals surface area contributed by atoms with E-state index >= 15 is 0 Å². The number of unbranched alkanes of at least 4 members (excludes halogenated alkanes) is 12. The van der Waals surface area contributed by atoms with Crippen LogP contribution in [0.1, 0.15) is 103 Å². The summed E-state index contributed by atoms with van der Waals surface area (Å²) in [4.78, 5) is 0. The molecule has 1 aromatic carbocycles. The molecule has 0 aliphatic carbocycles. The lowest BCUT2D eigenvalue weighted by atomic mass is 10.0. The summed E-state index contributed by atoms with van der Waals surface area (Å²) in [6, 6.07) is 8.45. The molecule has 2 rings (SSSR count). The number of rotatable bonds is 18. The van der Waals surface area contributed by atoms with E-state index in [4.69, 9.17) is 9.47 Å². The van der Waals surface area contributed by atoms with Crippen LogP contribution < -0.4 is 4.74 Å². The van der Waals surface area contributed by atoms with Gasteiger partial charge >= 0.3 is 0 Å². The van der Waals surface area contributed by atoms with Crippen LogP contribution in [0.4, 0.5) is 0 Å². The standard InChI is InChI=1S/C27H44O2/c1-3-4-5-6-7-8-9-10-11-12-13-14-15-16-17-19-25-20-18-21-26(22-25)28-23-27(2)24-29-27/h16-18,20-22H,3-15,19,23-24H2,1-2H3/b17-16+. The largest absolute Gasteiger partial charge is 0.490 e. The van der Waals surface area contributed by atoms with Crippen molar-refractivity contribution < 1.29 is 9.47 Å². The van der Waals surface area contributed by atoms with Gasteiger partial charge in [-0.25, -0.2) is 0 Å². The summed E-state index contributed by atoms with van der Waals surface area (Å²) in [7, 11) is 0. The molecule has 1 fully saturated rings. The molecule has 1 aromatic rings. The fourth-order valence-electron chi connectivity index (χ4n) is 3.65. The average Bonchev–Trinajstić information content (AvgIpc) is 3.47. The van der Waals surface area contributed by atoms with Gasteiger partial charge in [0.1, 0.15) is 18.0 Å². The van der Waals surface area contributed by atoms with E-state index in [0.29, 0.717) is 6.61 Å². The van der Waals surface area contributed by atoms with Crippen molar-refractivity contribution in [3.05, 3.63) is 42.0 Å². The fraction of sp³-hybridized carbons (Fsp3) is 0.704.